The minimum absolute atomic E-state index is 0.0568. The fraction of sp³-hybridized carbons (Fsp3) is 0.562. The lowest BCUT2D eigenvalue weighted by atomic mass is 10.3. The van der Waals surface area contributed by atoms with Crippen LogP contribution in [0.2, 0.25) is 0 Å². The summed E-state index contributed by atoms with van der Waals surface area (Å²) >= 11 is 0. The molecule has 0 N–H and O–H groups in total. The predicted octanol–water partition coefficient (Wildman–Crippen LogP) is 1.09. The van der Waals surface area contributed by atoms with Crippen molar-refractivity contribution < 1.29 is 22.3 Å². The molecule has 1 aromatic carbocycles. The van der Waals surface area contributed by atoms with Crippen molar-refractivity contribution in [2.75, 3.05) is 39.4 Å². The standard InChI is InChI=1S/C16H21FN2O4S/c17-14-3-5-15(6-4-14)24(21,22)19-9-7-18(8-10-19)16(20)12-23-11-13-1-2-13/h3-6,13H,1-2,7-12H2. The van der Waals surface area contributed by atoms with Gasteiger partial charge in [0.25, 0.3) is 0 Å². The maximum Gasteiger partial charge on any atom is 0.248 e. The van der Waals surface area contributed by atoms with Crippen molar-refractivity contribution in [2.45, 2.75) is 17.7 Å². The molecule has 1 amide bonds. The molecule has 2 fully saturated rings. The first-order chi connectivity index (χ1) is 11.5. The molecule has 1 heterocycles. The number of halogens is 1. The number of hydrogen-bond donors (Lipinski definition) is 0. The third kappa shape index (κ3) is 4.12. The lowest BCUT2D eigenvalue weighted by molar-refractivity contribution is -0.137. The number of amides is 1. The van der Waals surface area contributed by atoms with Gasteiger partial charge in [-0.3, -0.25) is 4.79 Å². The van der Waals surface area contributed by atoms with E-state index in [0.717, 1.165) is 12.1 Å². The molecule has 8 heteroatoms. The summed E-state index contributed by atoms with van der Waals surface area (Å²) in [6, 6.07) is 4.77. The van der Waals surface area contributed by atoms with Crippen molar-refractivity contribution in [3.63, 3.8) is 0 Å². The molecule has 1 saturated carbocycles. The summed E-state index contributed by atoms with van der Waals surface area (Å²) in [5, 5.41) is 0. The summed E-state index contributed by atoms with van der Waals surface area (Å²) in [6.45, 7) is 1.83. The van der Waals surface area contributed by atoms with E-state index in [1.165, 1.54) is 29.3 Å². The highest BCUT2D eigenvalue weighted by Crippen LogP contribution is 2.28. The Morgan fingerprint density at radius 2 is 1.75 bits per heavy atom. The number of piperazine rings is 1. The molecule has 3 rings (SSSR count). The number of rotatable bonds is 6. The molecule has 1 aliphatic heterocycles. The number of ether oxygens (including phenoxy) is 1. The second-order valence-corrected chi connectivity index (χ2v) is 8.14. The Morgan fingerprint density at radius 1 is 1.12 bits per heavy atom. The summed E-state index contributed by atoms with van der Waals surface area (Å²) < 4.78 is 44.7. The van der Waals surface area contributed by atoms with E-state index < -0.39 is 15.8 Å². The Balaban J connectivity index is 1.51. The van der Waals surface area contributed by atoms with Crippen molar-refractivity contribution >= 4 is 15.9 Å². The fourth-order valence-electron chi connectivity index (χ4n) is 2.62. The van der Waals surface area contributed by atoms with Crippen molar-refractivity contribution in [3.8, 4) is 0 Å². The molecule has 1 aliphatic carbocycles. The normalized spacial score (nSPS) is 19.5. The zero-order valence-corrected chi connectivity index (χ0v) is 14.2. The van der Waals surface area contributed by atoms with E-state index in [-0.39, 0.29) is 30.5 Å². The first kappa shape index (κ1) is 17.3. The average Bonchev–Trinajstić information content (AvgIpc) is 3.39. The summed E-state index contributed by atoms with van der Waals surface area (Å²) in [6.07, 6.45) is 2.35. The van der Waals surface area contributed by atoms with Gasteiger partial charge in [-0.15, -0.1) is 0 Å². The van der Waals surface area contributed by atoms with E-state index in [1.807, 2.05) is 0 Å². The number of sulfonamides is 1. The molecular formula is C16H21FN2O4S. The van der Waals surface area contributed by atoms with E-state index in [1.54, 1.807) is 4.90 Å². The third-order valence-electron chi connectivity index (χ3n) is 4.32. The molecule has 0 radical (unpaired) electrons. The van der Waals surface area contributed by atoms with E-state index in [0.29, 0.717) is 25.6 Å². The number of hydrogen-bond acceptors (Lipinski definition) is 4. The SMILES string of the molecule is O=C(COCC1CC1)N1CCN(S(=O)(=O)c2ccc(F)cc2)CC1. The van der Waals surface area contributed by atoms with Crippen LogP contribution in [0.1, 0.15) is 12.8 Å². The van der Waals surface area contributed by atoms with Crippen LogP contribution in [-0.4, -0.2) is 62.9 Å². The van der Waals surface area contributed by atoms with Crippen LogP contribution in [0.5, 0.6) is 0 Å². The van der Waals surface area contributed by atoms with E-state index in [9.17, 15) is 17.6 Å². The van der Waals surface area contributed by atoms with Gasteiger partial charge in [0.05, 0.1) is 11.5 Å². The Bertz CT molecular complexity index is 681. The highest BCUT2D eigenvalue weighted by molar-refractivity contribution is 7.89. The van der Waals surface area contributed by atoms with Gasteiger partial charge < -0.3 is 9.64 Å². The number of benzene rings is 1. The quantitative estimate of drug-likeness (QED) is 0.765. The number of carbonyl (C=O) groups is 1. The molecule has 0 spiro atoms. The molecule has 0 aromatic heterocycles. The smallest absolute Gasteiger partial charge is 0.248 e. The van der Waals surface area contributed by atoms with Crippen LogP contribution in [-0.2, 0) is 19.6 Å². The monoisotopic (exact) mass is 356 g/mol. The van der Waals surface area contributed by atoms with Crippen LogP contribution >= 0.6 is 0 Å². The maximum atomic E-state index is 12.9. The van der Waals surface area contributed by atoms with E-state index in [2.05, 4.69) is 0 Å². The van der Waals surface area contributed by atoms with Crippen LogP contribution < -0.4 is 0 Å². The predicted molar refractivity (Wildman–Crippen MR) is 85.3 cm³/mol. The molecule has 1 saturated heterocycles. The Kier molecular flexibility index (Phi) is 5.17. The fourth-order valence-corrected chi connectivity index (χ4v) is 4.04. The Labute approximate surface area is 141 Å². The topological polar surface area (TPSA) is 66.9 Å². The van der Waals surface area contributed by atoms with Crippen LogP contribution in [0.4, 0.5) is 4.39 Å². The van der Waals surface area contributed by atoms with Crippen molar-refractivity contribution in [2.24, 2.45) is 5.92 Å². The maximum absolute atomic E-state index is 12.9. The molecule has 2 aliphatic rings. The molecular weight excluding hydrogens is 335 g/mol. The first-order valence-corrected chi connectivity index (χ1v) is 9.52. The first-order valence-electron chi connectivity index (χ1n) is 8.08. The third-order valence-corrected chi connectivity index (χ3v) is 6.23. The van der Waals surface area contributed by atoms with Crippen molar-refractivity contribution in [1.29, 1.82) is 0 Å². The lowest BCUT2D eigenvalue weighted by Crippen LogP contribution is -2.51. The van der Waals surface area contributed by atoms with Crippen LogP contribution in [0.3, 0.4) is 0 Å². The summed E-state index contributed by atoms with van der Waals surface area (Å²) in [4.78, 5) is 13.7. The van der Waals surface area contributed by atoms with E-state index >= 15 is 0 Å². The lowest BCUT2D eigenvalue weighted by Gasteiger charge is -2.34. The van der Waals surface area contributed by atoms with Gasteiger partial charge in [-0.2, -0.15) is 4.31 Å². The summed E-state index contributed by atoms with van der Waals surface area (Å²) in [7, 11) is -3.65. The molecule has 1 aromatic rings. The van der Waals surface area contributed by atoms with Crippen molar-refractivity contribution in [1.82, 2.24) is 9.21 Å². The van der Waals surface area contributed by atoms with Gasteiger partial charge in [-0.25, -0.2) is 12.8 Å². The summed E-state index contributed by atoms with van der Waals surface area (Å²) in [5.41, 5.74) is 0. The minimum atomic E-state index is -3.65. The highest BCUT2D eigenvalue weighted by Gasteiger charge is 2.30. The van der Waals surface area contributed by atoms with Gasteiger partial charge in [0.1, 0.15) is 12.4 Å². The van der Waals surface area contributed by atoms with Gasteiger partial charge in [0.2, 0.25) is 15.9 Å². The average molecular weight is 356 g/mol. The second-order valence-electron chi connectivity index (χ2n) is 6.20. The highest BCUT2D eigenvalue weighted by atomic mass is 32.2. The number of nitrogens with zero attached hydrogens (tertiary/aromatic N) is 2. The van der Waals surface area contributed by atoms with Gasteiger partial charge in [-0.05, 0) is 43.0 Å². The van der Waals surface area contributed by atoms with Gasteiger partial charge >= 0.3 is 0 Å². The summed E-state index contributed by atoms with van der Waals surface area (Å²) in [5.74, 6) is 0.0283. The molecule has 6 nitrogen and oxygen atoms in total. The van der Waals surface area contributed by atoms with Gasteiger partial charge in [0.15, 0.2) is 0 Å². The molecule has 0 bridgehead atoms. The Hall–Kier alpha value is -1.51. The van der Waals surface area contributed by atoms with Gasteiger partial charge in [0, 0.05) is 26.2 Å². The zero-order chi connectivity index (χ0) is 17.2. The van der Waals surface area contributed by atoms with Crippen LogP contribution in [0.15, 0.2) is 29.2 Å². The molecule has 0 atom stereocenters. The van der Waals surface area contributed by atoms with Crippen molar-refractivity contribution in [3.05, 3.63) is 30.1 Å². The zero-order valence-electron chi connectivity index (χ0n) is 13.4. The molecule has 24 heavy (non-hydrogen) atoms. The minimum Gasteiger partial charge on any atom is -0.371 e. The molecule has 132 valence electrons. The van der Waals surface area contributed by atoms with E-state index in [4.69, 9.17) is 4.74 Å². The largest absolute Gasteiger partial charge is 0.371 e. The van der Waals surface area contributed by atoms with Crippen LogP contribution in [0, 0.1) is 11.7 Å². The molecule has 0 unspecified atom stereocenters. The number of carbonyl (C=O) groups excluding carboxylic acids is 1. The van der Waals surface area contributed by atoms with Crippen LogP contribution in [0.25, 0.3) is 0 Å². The Morgan fingerprint density at radius 3 is 2.33 bits per heavy atom. The second kappa shape index (κ2) is 7.16. The van der Waals surface area contributed by atoms with Gasteiger partial charge in [-0.1, -0.05) is 0 Å².